The molecule has 1 N–H and O–H groups in total. The van der Waals surface area contributed by atoms with Crippen LogP contribution >= 0.6 is 0 Å². The Morgan fingerprint density at radius 1 is 1.25 bits per heavy atom. The number of carbonyl (C=O) groups is 2. The molecule has 4 rings (SSSR count). The molecule has 174 valence electrons. The van der Waals surface area contributed by atoms with E-state index in [1.54, 1.807) is 24.0 Å². The van der Waals surface area contributed by atoms with Crippen LogP contribution in [0.4, 0.5) is 17.6 Å². The predicted molar refractivity (Wildman–Crippen MR) is 99.5 cm³/mol. The Hall–Kier alpha value is -3.15. The van der Waals surface area contributed by atoms with E-state index in [1.165, 1.54) is 18.3 Å². The Labute approximate surface area is 179 Å². The zero-order chi connectivity index (χ0) is 23.5. The topological polar surface area (TPSA) is 102 Å². The van der Waals surface area contributed by atoms with Crippen molar-refractivity contribution in [2.45, 2.75) is 44.2 Å². The van der Waals surface area contributed by atoms with E-state index in [0.29, 0.717) is 24.7 Å². The Morgan fingerprint density at radius 3 is 2.56 bits per heavy atom. The lowest BCUT2D eigenvalue weighted by atomic mass is 10.1. The molecule has 2 aromatic rings. The molecule has 2 aliphatic rings. The fourth-order valence-corrected chi connectivity index (χ4v) is 3.58. The van der Waals surface area contributed by atoms with Crippen molar-refractivity contribution in [3.05, 3.63) is 47.8 Å². The molecular formula is C20H20F4N2O6. The number of pyridine rings is 1. The van der Waals surface area contributed by atoms with Gasteiger partial charge in [0.25, 0.3) is 11.8 Å². The van der Waals surface area contributed by atoms with Crippen molar-refractivity contribution in [1.29, 1.82) is 0 Å². The average Bonchev–Trinajstić information content (AvgIpc) is 3.26. The summed E-state index contributed by atoms with van der Waals surface area (Å²) in [5.74, 6) is -2.55. The van der Waals surface area contributed by atoms with Crippen LogP contribution in [-0.4, -0.2) is 64.4 Å². The number of hydrogen-bond donors (Lipinski definition) is 1. The van der Waals surface area contributed by atoms with Gasteiger partial charge in [-0.05, 0) is 44.0 Å². The number of fused-ring (bicyclic) bond motifs is 2. The normalized spacial score (nSPS) is 22.5. The maximum atomic E-state index is 13.9. The van der Waals surface area contributed by atoms with Gasteiger partial charge in [0.2, 0.25) is 0 Å². The molecule has 1 amide bonds. The zero-order valence-electron chi connectivity index (χ0n) is 16.8. The Bertz CT molecular complexity index is 964. The number of carboxylic acids is 1. The van der Waals surface area contributed by atoms with Crippen LogP contribution < -0.4 is 4.74 Å². The third-order valence-corrected chi connectivity index (χ3v) is 4.98. The summed E-state index contributed by atoms with van der Waals surface area (Å²) in [5.41, 5.74) is 0. The number of aryl methyl sites for hydroxylation is 1. The first-order chi connectivity index (χ1) is 15.1. The number of carbonyl (C=O) groups excluding carboxylic acids is 1. The van der Waals surface area contributed by atoms with Crippen LogP contribution in [0.2, 0.25) is 0 Å². The van der Waals surface area contributed by atoms with E-state index in [1.807, 2.05) is 0 Å². The van der Waals surface area contributed by atoms with Gasteiger partial charge in [-0.25, -0.2) is 14.2 Å². The lowest BCUT2D eigenvalue weighted by Crippen LogP contribution is -2.47. The molecule has 1 saturated heterocycles. The summed E-state index contributed by atoms with van der Waals surface area (Å²) >= 11 is 0. The minimum atomic E-state index is -5.08. The van der Waals surface area contributed by atoms with Gasteiger partial charge >= 0.3 is 12.1 Å². The van der Waals surface area contributed by atoms with Crippen LogP contribution in [0.5, 0.6) is 5.88 Å². The summed E-state index contributed by atoms with van der Waals surface area (Å²) in [6.07, 6.45) is -2.75. The van der Waals surface area contributed by atoms with Gasteiger partial charge in [0.05, 0.1) is 18.8 Å². The first-order valence-corrected chi connectivity index (χ1v) is 9.64. The number of amides is 1. The molecule has 0 spiro atoms. The molecule has 1 aliphatic carbocycles. The minimum Gasteiger partial charge on any atom is -0.475 e. The molecule has 0 aromatic carbocycles. The Balaban J connectivity index is 0.000000360. The Kier molecular flexibility index (Phi) is 7.02. The highest BCUT2D eigenvalue weighted by Gasteiger charge is 2.46. The van der Waals surface area contributed by atoms with Crippen LogP contribution in [0.25, 0.3) is 0 Å². The minimum absolute atomic E-state index is 0.0591. The monoisotopic (exact) mass is 460 g/mol. The van der Waals surface area contributed by atoms with Gasteiger partial charge in [-0.15, -0.1) is 0 Å². The van der Waals surface area contributed by atoms with E-state index in [4.69, 9.17) is 23.8 Å². The summed E-state index contributed by atoms with van der Waals surface area (Å²) in [4.78, 5) is 27.4. The predicted octanol–water partition coefficient (Wildman–Crippen LogP) is 3.21. The molecular weight excluding hydrogens is 440 g/mol. The van der Waals surface area contributed by atoms with Gasteiger partial charge in [0, 0.05) is 12.7 Å². The maximum Gasteiger partial charge on any atom is 0.490 e. The summed E-state index contributed by atoms with van der Waals surface area (Å²) in [6.45, 7) is 2.66. The molecule has 3 heterocycles. The van der Waals surface area contributed by atoms with Crippen molar-refractivity contribution in [3.8, 4) is 5.88 Å². The lowest BCUT2D eigenvalue weighted by Gasteiger charge is -2.30. The van der Waals surface area contributed by atoms with Crippen molar-refractivity contribution in [2.75, 3.05) is 13.2 Å². The van der Waals surface area contributed by atoms with Crippen molar-refractivity contribution in [2.24, 2.45) is 0 Å². The first-order valence-electron chi connectivity index (χ1n) is 9.64. The van der Waals surface area contributed by atoms with Gasteiger partial charge < -0.3 is 23.9 Å². The molecule has 1 saturated carbocycles. The Morgan fingerprint density at radius 2 is 1.97 bits per heavy atom. The molecule has 2 fully saturated rings. The van der Waals surface area contributed by atoms with E-state index >= 15 is 0 Å². The van der Waals surface area contributed by atoms with Crippen LogP contribution in [-0.2, 0) is 9.53 Å². The quantitative estimate of drug-likeness (QED) is 0.702. The number of carboxylic acid groups (broad SMARTS) is 1. The highest BCUT2D eigenvalue weighted by Crippen LogP contribution is 2.34. The second kappa shape index (κ2) is 9.55. The van der Waals surface area contributed by atoms with Gasteiger partial charge in [-0.3, -0.25) is 4.79 Å². The number of hydrogen-bond acceptors (Lipinski definition) is 6. The SMILES string of the molecule is Cc1ccc(C(=O)N2CCOC3CCC2C3Oc2ncccc2F)o1.O=C(O)C(F)(F)F. The number of furan rings is 1. The van der Waals surface area contributed by atoms with E-state index < -0.39 is 24.1 Å². The summed E-state index contributed by atoms with van der Waals surface area (Å²) in [7, 11) is 0. The van der Waals surface area contributed by atoms with Gasteiger partial charge in [-0.1, -0.05) is 0 Å². The molecule has 3 unspecified atom stereocenters. The molecule has 0 radical (unpaired) electrons. The summed E-state index contributed by atoms with van der Waals surface area (Å²) in [6, 6.07) is 6.04. The van der Waals surface area contributed by atoms with Crippen LogP contribution in [0.3, 0.4) is 0 Å². The second-order valence-electron chi connectivity index (χ2n) is 7.14. The number of aliphatic carboxylic acids is 1. The molecule has 2 aromatic heterocycles. The third kappa shape index (κ3) is 5.36. The first kappa shape index (κ1) is 23.5. The maximum absolute atomic E-state index is 13.9. The van der Waals surface area contributed by atoms with Crippen LogP contribution in [0, 0.1) is 12.7 Å². The van der Waals surface area contributed by atoms with Gasteiger partial charge in [0.1, 0.15) is 11.9 Å². The average molecular weight is 460 g/mol. The van der Waals surface area contributed by atoms with E-state index in [2.05, 4.69) is 4.98 Å². The van der Waals surface area contributed by atoms with Crippen molar-refractivity contribution in [3.63, 3.8) is 0 Å². The largest absolute Gasteiger partial charge is 0.490 e. The van der Waals surface area contributed by atoms with Crippen molar-refractivity contribution in [1.82, 2.24) is 9.88 Å². The lowest BCUT2D eigenvalue weighted by molar-refractivity contribution is -0.192. The van der Waals surface area contributed by atoms with Gasteiger partial charge in [-0.2, -0.15) is 13.2 Å². The van der Waals surface area contributed by atoms with Gasteiger partial charge in [0.15, 0.2) is 11.6 Å². The summed E-state index contributed by atoms with van der Waals surface area (Å²) < 4.78 is 62.8. The number of ether oxygens (including phenoxy) is 2. The zero-order valence-corrected chi connectivity index (χ0v) is 16.8. The third-order valence-electron chi connectivity index (χ3n) is 4.98. The molecule has 1 aliphatic heterocycles. The molecule has 2 bridgehead atoms. The fourth-order valence-electron chi connectivity index (χ4n) is 3.58. The number of halogens is 4. The van der Waals surface area contributed by atoms with Crippen LogP contribution in [0.1, 0.15) is 29.2 Å². The molecule has 3 atom stereocenters. The number of rotatable bonds is 3. The second-order valence-corrected chi connectivity index (χ2v) is 7.14. The standard InChI is InChI=1S/C18H19FN2O4.C2HF3O2/c1-11-4-6-15(24-11)18(22)21-9-10-23-14-7-5-13(21)16(14)25-17-12(19)3-2-8-20-17;3-2(4,5)1(6)7/h2-4,6,8,13-14,16H,5,7,9-10H2,1H3;(H,6,7). The highest BCUT2D eigenvalue weighted by atomic mass is 19.4. The molecule has 12 heteroatoms. The number of alkyl halides is 3. The highest BCUT2D eigenvalue weighted by molar-refractivity contribution is 5.92. The number of aromatic nitrogens is 1. The van der Waals surface area contributed by atoms with E-state index in [-0.39, 0.29) is 23.9 Å². The summed E-state index contributed by atoms with van der Waals surface area (Å²) in [5, 5.41) is 7.12. The van der Waals surface area contributed by atoms with Crippen LogP contribution in [0.15, 0.2) is 34.9 Å². The van der Waals surface area contributed by atoms with Crippen molar-refractivity contribution < 1.29 is 46.1 Å². The molecule has 8 nitrogen and oxygen atoms in total. The van der Waals surface area contributed by atoms with E-state index in [9.17, 15) is 22.4 Å². The van der Waals surface area contributed by atoms with E-state index in [0.717, 1.165) is 12.8 Å². The molecule has 32 heavy (non-hydrogen) atoms. The number of nitrogens with zero attached hydrogens (tertiary/aromatic N) is 2. The fraction of sp³-hybridized carbons (Fsp3) is 0.450. The van der Waals surface area contributed by atoms with Crippen molar-refractivity contribution >= 4 is 11.9 Å². The smallest absolute Gasteiger partial charge is 0.475 e.